The molecule has 0 N–H and O–H groups in total. The van der Waals surface area contributed by atoms with Crippen molar-refractivity contribution < 1.29 is 0 Å². The third-order valence-electron chi connectivity index (χ3n) is 1.04. The summed E-state index contributed by atoms with van der Waals surface area (Å²) in [6.07, 6.45) is 12.6. The Morgan fingerprint density at radius 1 is 1.27 bits per heavy atom. The van der Waals surface area contributed by atoms with Crippen LogP contribution in [0.1, 0.15) is 13.3 Å². The Morgan fingerprint density at radius 3 is 2.64 bits per heavy atom. The molecule has 0 spiro atoms. The van der Waals surface area contributed by atoms with Gasteiger partial charge in [0.05, 0.1) is 6.54 Å². The third-order valence-corrected chi connectivity index (χ3v) is 1.04. The summed E-state index contributed by atoms with van der Waals surface area (Å²) in [4.78, 5) is 4.02. The fourth-order valence-corrected chi connectivity index (χ4v) is 0.550. The maximum absolute atomic E-state index is 4.02. The van der Waals surface area contributed by atoms with Gasteiger partial charge in [-0.3, -0.25) is 4.99 Å². The van der Waals surface area contributed by atoms with Gasteiger partial charge in [0.15, 0.2) is 0 Å². The largest absolute Gasteiger partial charge is 0.289 e. The Morgan fingerprint density at radius 2 is 2.00 bits per heavy atom. The van der Waals surface area contributed by atoms with Crippen LogP contribution in [0.25, 0.3) is 0 Å². The normalized spacial score (nSPS) is 12.1. The van der Waals surface area contributed by atoms with Gasteiger partial charge in [0.2, 0.25) is 0 Å². The van der Waals surface area contributed by atoms with Gasteiger partial charge >= 0.3 is 0 Å². The molecule has 0 atom stereocenters. The lowest BCUT2D eigenvalue weighted by atomic mass is 10.4. The van der Waals surface area contributed by atoms with Crippen LogP contribution >= 0.6 is 0 Å². The molecule has 0 aromatic carbocycles. The minimum atomic E-state index is 0.736. The summed E-state index contributed by atoms with van der Waals surface area (Å²) in [6, 6.07) is 0. The van der Waals surface area contributed by atoms with Crippen LogP contribution in [-0.2, 0) is 0 Å². The van der Waals surface area contributed by atoms with Crippen LogP contribution in [0, 0.1) is 0 Å². The summed E-state index contributed by atoms with van der Waals surface area (Å²) in [5.74, 6) is 0. The van der Waals surface area contributed by atoms with Crippen molar-refractivity contribution >= 4 is 6.21 Å². The molecule has 60 valence electrons. The van der Waals surface area contributed by atoms with Gasteiger partial charge in [-0.05, 0) is 6.42 Å². The number of rotatable bonds is 5. The van der Waals surface area contributed by atoms with Crippen LogP contribution in [0.2, 0.25) is 0 Å². The molecule has 11 heavy (non-hydrogen) atoms. The lowest BCUT2D eigenvalue weighted by Crippen LogP contribution is -1.70. The van der Waals surface area contributed by atoms with Gasteiger partial charge in [0, 0.05) is 6.21 Å². The van der Waals surface area contributed by atoms with Gasteiger partial charge in [0.25, 0.3) is 0 Å². The maximum Gasteiger partial charge on any atom is 0.0573 e. The summed E-state index contributed by atoms with van der Waals surface area (Å²) in [7, 11) is 0. The van der Waals surface area contributed by atoms with Crippen molar-refractivity contribution in [1.29, 1.82) is 0 Å². The number of nitrogens with zero attached hydrogens (tertiary/aromatic N) is 1. The third kappa shape index (κ3) is 8.89. The molecule has 0 aliphatic carbocycles. The number of allylic oxidation sites excluding steroid dienone is 4. The lowest BCUT2D eigenvalue weighted by Gasteiger charge is -1.79. The van der Waals surface area contributed by atoms with E-state index < -0.39 is 0 Å². The highest BCUT2D eigenvalue weighted by molar-refractivity contribution is 5.70. The summed E-state index contributed by atoms with van der Waals surface area (Å²) in [6.45, 7) is 6.37. The van der Waals surface area contributed by atoms with Gasteiger partial charge in [-0.2, -0.15) is 0 Å². The Labute approximate surface area is 68.9 Å². The van der Waals surface area contributed by atoms with Crippen LogP contribution in [-0.4, -0.2) is 12.8 Å². The van der Waals surface area contributed by atoms with Crippen LogP contribution in [0.4, 0.5) is 0 Å². The van der Waals surface area contributed by atoms with Crippen molar-refractivity contribution in [3.8, 4) is 0 Å². The highest BCUT2D eigenvalue weighted by Crippen LogP contribution is 1.81. The van der Waals surface area contributed by atoms with E-state index in [0.717, 1.165) is 13.0 Å². The summed E-state index contributed by atoms with van der Waals surface area (Å²) < 4.78 is 0. The predicted molar refractivity (Wildman–Crippen MR) is 52.1 cm³/mol. The Bertz CT molecular complexity index is 164. The molecule has 0 aromatic heterocycles. The first kappa shape index (κ1) is 9.89. The zero-order valence-corrected chi connectivity index (χ0v) is 7.03. The van der Waals surface area contributed by atoms with Crippen molar-refractivity contribution in [2.24, 2.45) is 4.99 Å². The van der Waals surface area contributed by atoms with E-state index in [9.17, 15) is 0 Å². The zero-order valence-electron chi connectivity index (χ0n) is 7.03. The van der Waals surface area contributed by atoms with Crippen LogP contribution in [0.15, 0.2) is 42.0 Å². The van der Waals surface area contributed by atoms with Gasteiger partial charge in [-0.15, -0.1) is 0 Å². The average Bonchev–Trinajstić information content (AvgIpc) is 2.03. The van der Waals surface area contributed by atoms with Gasteiger partial charge < -0.3 is 0 Å². The molecule has 0 saturated carbocycles. The summed E-state index contributed by atoms with van der Waals surface area (Å²) >= 11 is 0. The van der Waals surface area contributed by atoms with Crippen molar-refractivity contribution in [2.75, 3.05) is 6.54 Å². The van der Waals surface area contributed by atoms with Gasteiger partial charge in [-0.1, -0.05) is 43.9 Å². The van der Waals surface area contributed by atoms with E-state index in [1.165, 1.54) is 0 Å². The predicted octanol–water partition coefficient (Wildman–Crippen LogP) is 2.77. The van der Waals surface area contributed by atoms with E-state index in [2.05, 4.69) is 24.6 Å². The van der Waals surface area contributed by atoms with Gasteiger partial charge in [-0.25, -0.2) is 0 Å². The number of hydrogen-bond donors (Lipinski definition) is 0. The topological polar surface area (TPSA) is 12.4 Å². The Hall–Kier alpha value is -1.11. The smallest absolute Gasteiger partial charge is 0.0573 e. The van der Waals surface area contributed by atoms with E-state index in [1.54, 1.807) is 12.3 Å². The SMILES string of the molecule is C=C/C=N\C/C=C\C=C/CC. The molecule has 0 unspecified atom stereocenters. The molecule has 0 saturated heterocycles. The number of aliphatic imine (C=N–C) groups is 1. The first-order chi connectivity index (χ1) is 5.41. The molecule has 0 fully saturated rings. The van der Waals surface area contributed by atoms with Gasteiger partial charge in [0.1, 0.15) is 0 Å². The highest BCUT2D eigenvalue weighted by atomic mass is 14.7. The van der Waals surface area contributed by atoms with E-state index in [0.29, 0.717) is 0 Å². The molecule has 0 aliphatic heterocycles. The molecule has 0 aromatic rings. The second kappa shape index (κ2) is 8.89. The van der Waals surface area contributed by atoms with Crippen molar-refractivity contribution in [3.05, 3.63) is 37.0 Å². The summed E-state index contributed by atoms with van der Waals surface area (Å²) in [5, 5.41) is 0. The molecule has 0 radical (unpaired) electrons. The molecule has 0 amide bonds. The summed E-state index contributed by atoms with van der Waals surface area (Å²) in [5.41, 5.74) is 0. The fraction of sp³-hybridized carbons (Fsp3) is 0.300. The van der Waals surface area contributed by atoms with E-state index >= 15 is 0 Å². The van der Waals surface area contributed by atoms with Crippen LogP contribution in [0.3, 0.4) is 0 Å². The average molecular weight is 149 g/mol. The minimum absolute atomic E-state index is 0.736. The van der Waals surface area contributed by atoms with E-state index in [1.807, 2.05) is 18.2 Å². The van der Waals surface area contributed by atoms with E-state index in [-0.39, 0.29) is 0 Å². The molecule has 1 nitrogen and oxygen atoms in total. The van der Waals surface area contributed by atoms with Crippen LogP contribution < -0.4 is 0 Å². The van der Waals surface area contributed by atoms with Crippen molar-refractivity contribution in [2.45, 2.75) is 13.3 Å². The zero-order chi connectivity index (χ0) is 8.36. The lowest BCUT2D eigenvalue weighted by molar-refractivity contribution is 1.22. The molecule has 0 rings (SSSR count). The highest BCUT2D eigenvalue weighted by Gasteiger charge is 1.66. The molecular formula is C10H15N. The number of hydrogen-bond acceptors (Lipinski definition) is 1. The Kier molecular flexibility index (Phi) is 7.99. The maximum atomic E-state index is 4.02. The Balaban J connectivity index is 3.36. The quantitative estimate of drug-likeness (QED) is 0.421. The monoisotopic (exact) mass is 149 g/mol. The first-order valence-electron chi connectivity index (χ1n) is 3.84. The molecular weight excluding hydrogens is 134 g/mol. The molecule has 0 heterocycles. The molecule has 0 aliphatic rings. The van der Waals surface area contributed by atoms with Crippen LogP contribution in [0.5, 0.6) is 0 Å². The second-order valence-corrected chi connectivity index (χ2v) is 2.01. The minimum Gasteiger partial charge on any atom is -0.289 e. The first-order valence-corrected chi connectivity index (χ1v) is 3.84. The standard InChI is InChI=1S/C10H15N/c1-3-5-6-7-8-10-11-9-4-2/h4-9H,2-3,10H2,1H3/b6-5-,8-7-,11-9-. The van der Waals surface area contributed by atoms with Crippen molar-refractivity contribution in [3.63, 3.8) is 0 Å². The molecule has 1 heteroatoms. The van der Waals surface area contributed by atoms with E-state index in [4.69, 9.17) is 0 Å². The molecule has 0 bridgehead atoms. The second-order valence-electron chi connectivity index (χ2n) is 2.01. The fourth-order valence-electron chi connectivity index (χ4n) is 0.550. The van der Waals surface area contributed by atoms with Crippen molar-refractivity contribution in [1.82, 2.24) is 0 Å².